The van der Waals surface area contributed by atoms with E-state index < -0.39 is 0 Å². The first-order valence-corrected chi connectivity index (χ1v) is 6.33. The van der Waals surface area contributed by atoms with E-state index in [0.29, 0.717) is 13.2 Å². The molecule has 0 spiro atoms. The highest BCUT2D eigenvalue weighted by Gasteiger charge is 2.41. The van der Waals surface area contributed by atoms with Gasteiger partial charge < -0.3 is 15.0 Å². The summed E-state index contributed by atoms with van der Waals surface area (Å²) in [5.41, 5.74) is 1.89. The molecule has 3 rings (SSSR count). The van der Waals surface area contributed by atoms with Gasteiger partial charge in [-0.25, -0.2) is 4.98 Å². The van der Waals surface area contributed by atoms with E-state index in [2.05, 4.69) is 22.1 Å². The largest absolute Gasteiger partial charge is 0.378 e. The van der Waals surface area contributed by atoms with Gasteiger partial charge in [0.25, 0.3) is 0 Å². The highest BCUT2D eigenvalue weighted by Crippen LogP contribution is 2.35. The Labute approximate surface area is 106 Å². The highest BCUT2D eigenvalue weighted by molar-refractivity contribution is 5.98. The molecule has 2 aliphatic heterocycles. The van der Waals surface area contributed by atoms with Crippen molar-refractivity contribution in [3.05, 3.63) is 17.8 Å². The number of aromatic nitrogens is 1. The van der Waals surface area contributed by atoms with Crippen LogP contribution in [0.25, 0.3) is 0 Å². The van der Waals surface area contributed by atoms with Gasteiger partial charge in [-0.3, -0.25) is 4.79 Å². The Balaban J connectivity index is 2.13. The number of fused-ring (bicyclic) bond motifs is 2. The summed E-state index contributed by atoms with van der Waals surface area (Å²) < 4.78 is 5.46. The number of likely N-dealkylation sites (N-methyl/N-ethyl adjacent to an activating group) is 1. The lowest BCUT2D eigenvalue weighted by Gasteiger charge is -2.29. The molecule has 5 heteroatoms. The van der Waals surface area contributed by atoms with Crippen LogP contribution in [0.1, 0.15) is 12.5 Å². The van der Waals surface area contributed by atoms with Crippen LogP contribution in [0.5, 0.6) is 0 Å². The Kier molecular flexibility index (Phi) is 2.70. The zero-order chi connectivity index (χ0) is 12.7. The summed E-state index contributed by atoms with van der Waals surface area (Å²) >= 11 is 0. The maximum absolute atomic E-state index is 12.2. The Morgan fingerprint density at radius 3 is 3.17 bits per heavy atom. The zero-order valence-corrected chi connectivity index (χ0v) is 10.6. The van der Waals surface area contributed by atoms with Gasteiger partial charge in [-0.2, -0.15) is 0 Å². The van der Waals surface area contributed by atoms with Gasteiger partial charge in [-0.1, -0.05) is 0 Å². The van der Waals surface area contributed by atoms with Crippen molar-refractivity contribution in [3.63, 3.8) is 0 Å². The maximum atomic E-state index is 12.2. The molecule has 0 aromatic carbocycles. The van der Waals surface area contributed by atoms with Crippen molar-refractivity contribution >= 4 is 17.4 Å². The van der Waals surface area contributed by atoms with Crippen molar-refractivity contribution in [1.82, 2.24) is 4.98 Å². The van der Waals surface area contributed by atoms with Crippen molar-refractivity contribution in [2.24, 2.45) is 5.92 Å². The lowest BCUT2D eigenvalue weighted by atomic mass is 10.0. The van der Waals surface area contributed by atoms with Crippen molar-refractivity contribution in [3.8, 4) is 0 Å². The molecule has 0 aliphatic carbocycles. The first-order valence-electron chi connectivity index (χ1n) is 6.33. The Morgan fingerprint density at radius 2 is 2.39 bits per heavy atom. The zero-order valence-electron chi connectivity index (χ0n) is 10.6. The lowest BCUT2D eigenvalue weighted by molar-refractivity contribution is -0.120. The maximum Gasteiger partial charge on any atom is 0.232 e. The lowest BCUT2D eigenvalue weighted by Crippen LogP contribution is -2.42. The molecular formula is C13H17N3O2. The molecule has 1 aromatic rings. The van der Waals surface area contributed by atoms with E-state index in [1.807, 2.05) is 13.0 Å². The van der Waals surface area contributed by atoms with E-state index in [9.17, 15) is 4.79 Å². The normalized spacial score (nSPS) is 26.3. The predicted octanol–water partition coefficient (Wildman–Crippen LogP) is 1.18. The fourth-order valence-electron chi connectivity index (χ4n) is 2.77. The summed E-state index contributed by atoms with van der Waals surface area (Å²) in [6, 6.07) is 2.02. The standard InChI is InChI=1S/C13H17N3O2/c1-3-16-10-7-18-6-9(10)13(17)15-11-8(2)4-5-14-12(11)16/h4-5,9-10H,3,6-7H2,1-2H3,(H,15,17). The summed E-state index contributed by atoms with van der Waals surface area (Å²) in [6.45, 7) is 6.00. The van der Waals surface area contributed by atoms with Crippen LogP contribution >= 0.6 is 0 Å². The van der Waals surface area contributed by atoms with Crippen LogP contribution < -0.4 is 10.2 Å². The summed E-state index contributed by atoms with van der Waals surface area (Å²) in [5, 5.41) is 3.00. The molecule has 18 heavy (non-hydrogen) atoms. The average molecular weight is 247 g/mol. The second-order valence-electron chi connectivity index (χ2n) is 4.81. The molecule has 2 atom stereocenters. The third-order valence-electron chi connectivity index (χ3n) is 3.79. The molecule has 1 amide bonds. The van der Waals surface area contributed by atoms with Crippen LogP contribution in [-0.4, -0.2) is 36.7 Å². The number of hydrogen-bond donors (Lipinski definition) is 1. The molecule has 2 aliphatic rings. The summed E-state index contributed by atoms with van der Waals surface area (Å²) in [6.07, 6.45) is 1.79. The van der Waals surface area contributed by atoms with Gasteiger partial charge in [0.15, 0.2) is 5.82 Å². The molecule has 2 unspecified atom stereocenters. The molecule has 1 saturated heterocycles. The fourth-order valence-corrected chi connectivity index (χ4v) is 2.77. The van der Waals surface area contributed by atoms with Crippen LogP contribution in [0.2, 0.25) is 0 Å². The van der Waals surface area contributed by atoms with Gasteiger partial charge in [0.1, 0.15) is 0 Å². The number of aryl methyl sites for hydroxylation is 1. The molecule has 5 nitrogen and oxygen atoms in total. The van der Waals surface area contributed by atoms with Gasteiger partial charge in [-0.15, -0.1) is 0 Å². The number of ether oxygens (including phenoxy) is 1. The van der Waals surface area contributed by atoms with Crippen LogP contribution in [0, 0.1) is 12.8 Å². The van der Waals surface area contributed by atoms with Crippen molar-refractivity contribution in [2.75, 3.05) is 30.0 Å². The smallest absolute Gasteiger partial charge is 0.232 e. The van der Waals surface area contributed by atoms with Crippen molar-refractivity contribution in [1.29, 1.82) is 0 Å². The van der Waals surface area contributed by atoms with E-state index >= 15 is 0 Å². The number of pyridine rings is 1. The molecular weight excluding hydrogens is 230 g/mol. The average Bonchev–Trinajstić information content (AvgIpc) is 2.79. The van der Waals surface area contributed by atoms with E-state index in [0.717, 1.165) is 23.6 Å². The van der Waals surface area contributed by atoms with Gasteiger partial charge in [0.2, 0.25) is 5.91 Å². The molecule has 0 radical (unpaired) electrons. The van der Waals surface area contributed by atoms with Crippen molar-refractivity contribution < 1.29 is 9.53 Å². The first-order chi connectivity index (χ1) is 8.72. The third kappa shape index (κ3) is 1.58. The van der Waals surface area contributed by atoms with E-state index in [4.69, 9.17) is 4.74 Å². The predicted molar refractivity (Wildman–Crippen MR) is 68.7 cm³/mol. The van der Waals surface area contributed by atoms with Gasteiger partial charge >= 0.3 is 0 Å². The number of hydrogen-bond acceptors (Lipinski definition) is 4. The highest BCUT2D eigenvalue weighted by atomic mass is 16.5. The summed E-state index contributed by atoms with van der Waals surface area (Å²) in [4.78, 5) is 18.8. The van der Waals surface area contributed by atoms with Crippen LogP contribution in [-0.2, 0) is 9.53 Å². The minimum absolute atomic E-state index is 0.0470. The fraction of sp³-hybridized carbons (Fsp3) is 0.538. The van der Waals surface area contributed by atoms with Crippen molar-refractivity contribution in [2.45, 2.75) is 19.9 Å². The SMILES string of the molecule is CCN1c2nccc(C)c2NC(=O)C2COCC21. The van der Waals surface area contributed by atoms with Crippen LogP contribution in [0.15, 0.2) is 12.3 Å². The molecule has 1 N–H and O–H groups in total. The molecule has 3 heterocycles. The molecule has 1 fully saturated rings. The second-order valence-corrected chi connectivity index (χ2v) is 4.81. The van der Waals surface area contributed by atoms with E-state index in [1.54, 1.807) is 6.20 Å². The topological polar surface area (TPSA) is 54.5 Å². The monoisotopic (exact) mass is 247 g/mol. The van der Waals surface area contributed by atoms with Crippen LogP contribution in [0.4, 0.5) is 11.5 Å². The number of rotatable bonds is 1. The van der Waals surface area contributed by atoms with Gasteiger partial charge in [0, 0.05) is 12.7 Å². The van der Waals surface area contributed by atoms with Crippen LogP contribution in [0.3, 0.4) is 0 Å². The Hall–Kier alpha value is -1.62. The number of anilines is 2. The number of nitrogens with zero attached hydrogens (tertiary/aromatic N) is 2. The third-order valence-corrected chi connectivity index (χ3v) is 3.79. The Bertz CT molecular complexity index is 489. The minimum Gasteiger partial charge on any atom is -0.378 e. The number of carbonyl (C=O) groups is 1. The molecule has 0 bridgehead atoms. The summed E-state index contributed by atoms with van der Waals surface area (Å²) in [7, 11) is 0. The second kappa shape index (κ2) is 4.24. The minimum atomic E-state index is -0.0986. The van der Waals surface area contributed by atoms with Gasteiger partial charge in [-0.05, 0) is 25.5 Å². The van der Waals surface area contributed by atoms with E-state index in [-0.39, 0.29) is 17.9 Å². The van der Waals surface area contributed by atoms with Gasteiger partial charge in [0.05, 0.1) is 30.9 Å². The molecule has 0 saturated carbocycles. The Morgan fingerprint density at radius 1 is 1.56 bits per heavy atom. The van der Waals surface area contributed by atoms with E-state index in [1.165, 1.54) is 0 Å². The quantitative estimate of drug-likeness (QED) is 0.809. The molecule has 1 aromatic heterocycles. The number of carbonyl (C=O) groups excluding carboxylic acids is 1. The number of amides is 1. The first kappa shape index (κ1) is 11.5. The summed E-state index contributed by atoms with van der Waals surface area (Å²) in [5.74, 6) is 0.813. The molecule has 96 valence electrons. The number of nitrogens with one attached hydrogen (secondary N) is 1.